The fourth-order valence-corrected chi connectivity index (χ4v) is 4.42. The highest BCUT2D eigenvalue weighted by atomic mass is 16.5. The molecule has 1 saturated heterocycles. The summed E-state index contributed by atoms with van der Waals surface area (Å²) in [6, 6.07) is 8.02. The third kappa shape index (κ3) is 3.66. The maximum Gasteiger partial charge on any atom is 0.338 e. The van der Waals surface area contributed by atoms with Gasteiger partial charge >= 0.3 is 5.97 Å². The van der Waals surface area contributed by atoms with Gasteiger partial charge in [-0.1, -0.05) is 6.07 Å². The van der Waals surface area contributed by atoms with Gasteiger partial charge in [0.2, 0.25) is 5.89 Å². The first-order chi connectivity index (χ1) is 15.5. The maximum atomic E-state index is 11.8. The lowest BCUT2D eigenvalue weighted by Crippen LogP contribution is -2.45. The number of nitrogens with zero attached hydrogens (tertiary/aromatic N) is 4. The molecule has 0 radical (unpaired) electrons. The molecule has 8 nitrogen and oxygen atoms in total. The first kappa shape index (κ1) is 20.4. The molecule has 0 spiro atoms. The average Bonchev–Trinajstić information content (AvgIpc) is 3.41. The summed E-state index contributed by atoms with van der Waals surface area (Å²) in [6.07, 6.45) is 3.29. The number of aryl methyl sites for hydroxylation is 1. The first-order valence-corrected chi connectivity index (χ1v) is 10.6. The SMILES string of the molecule is Cc1cc(-c2ncc(CN3CCN[C@H](c4ccc5c(c4C)COC5=O)C3)o2)ncc1C#N. The van der Waals surface area contributed by atoms with Crippen molar-refractivity contribution in [3.8, 4) is 17.7 Å². The zero-order valence-electron chi connectivity index (χ0n) is 18.0. The van der Waals surface area contributed by atoms with E-state index < -0.39 is 0 Å². The average molecular weight is 429 g/mol. The van der Waals surface area contributed by atoms with Crippen LogP contribution in [0.3, 0.4) is 0 Å². The van der Waals surface area contributed by atoms with Gasteiger partial charge in [-0.3, -0.25) is 4.90 Å². The van der Waals surface area contributed by atoms with Crippen LogP contribution >= 0.6 is 0 Å². The number of esters is 1. The van der Waals surface area contributed by atoms with E-state index in [9.17, 15) is 4.79 Å². The van der Waals surface area contributed by atoms with E-state index in [-0.39, 0.29) is 12.0 Å². The molecule has 5 rings (SSSR count). The Hall–Kier alpha value is -3.54. The van der Waals surface area contributed by atoms with E-state index in [2.05, 4.69) is 33.2 Å². The van der Waals surface area contributed by atoms with Gasteiger partial charge in [-0.05, 0) is 42.7 Å². The molecule has 3 aromatic rings. The largest absolute Gasteiger partial charge is 0.457 e. The van der Waals surface area contributed by atoms with Gasteiger partial charge in [0.1, 0.15) is 24.1 Å². The van der Waals surface area contributed by atoms with Crippen molar-refractivity contribution in [2.75, 3.05) is 19.6 Å². The van der Waals surface area contributed by atoms with Crippen molar-refractivity contribution in [1.82, 2.24) is 20.2 Å². The van der Waals surface area contributed by atoms with E-state index in [0.29, 0.717) is 35.9 Å². The standard InChI is InChI=1S/C24H23N5O3/c1-14-7-21(27-9-16(14)8-25)23-28-10-17(32-23)11-29-6-5-26-22(12-29)18-3-4-19-20(15(18)2)13-31-24(19)30/h3-4,7,9-10,22,26H,5-6,11-13H2,1-2H3/t22-/m0/s1. The Labute approximate surface area is 185 Å². The number of hydrogen-bond acceptors (Lipinski definition) is 8. The number of piperazine rings is 1. The number of ether oxygens (including phenoxy) is 1. The summed E-state index contributed by atoms with van der Waals surface area (Å²) in [5.41, 5.74) is 6.01. The number of pyridine rings is 1. The van der Waals surface area contributed by atoms with Crippen LogP contribution in [0, 0.1) is 25.2 Å². The second-order valence-electron chi connectivity index (χ2n) is 8.25. The molecule has 0 bridgehead atoms. The first-order valence-electron chi connectivity index (χ1n) is 10.6. The van der Waals surface area contributed by atoms with Gasteiger partial charge in [-0.25, -0.2) is 14.8 Å². The van der Waals surface area contributed by atoms with Gasteiger partial charge in [-0.15, -0.1) is 0 Å². The van der Waals surface area contributed by atoms with Crippen molar-refractivity contribution in [1.29, 1.82) is 5.26 Å². The molecule has 8 heteroatoms. The Morgan fingerprint density at radius 1 is 1.28 bits per heavy atom. The minimum atomic E-state index is -0.235. The molecule has 1 atom stereocenters. The van der Waals surface area contributed by atoms with E-state index in [1.807, 2.05) is 25.1 Å². The number of hydrogen-bond donors (Lipinski definition) is 1. The molecule has 2 aliphatic heterocycles. The van der Waals surface area contributed by atoms with Crippen molar-refractivity contribution in [2.45, 2.75) is 33.0 Å². The van der Waals surface area contributed by atoms with Crippen LogP contribution in [0.2, 0.25) is 0 Å². The van der Waals surface area contributed by atoms with Gasteiger partial charge in [0.25, 0.3) is 0 Å². The maximum absolute atomic E-state index is 11.8. The molecule has 162 valence electrons. The number of nitriles is 1. The van der Waals surface area contributed by atoms with Crippen molar-refractivity contribution in [3.63, 3.8) is 0 Å². The van der Waals surface area contributed by atoms with Crippen LogP contribution in [0.5, 0.6) is 0 Å². The lowest BCUT2D eigenvalue weighted by Gasteiger charge is -2.34. The molecule has 1 fully saturated rings. The van der Waals surface area contributed by atoms with Crippen LogP contribution in [-0.2, 0) is 17.9 Å². The molecular formula is C24H23N5O3. The second-order valence-corrected chi connectivity index (χ2v) is 8.25. The Morgan fingerprint density at radius 3 is 2.97 bits per heavy atom. The van der Waals surface area contributed by atoms with E-state index in [0.717, 1.165) is 42.1 Å². The minimum absolute atomic E-state index is 0.162. The molecule has 1 aromatic carbocycles. The van der Waals surface area contributed by atoms with Crippen LogP contribution in [0.4, 0.5) is 0 Å². The molecule has 2 aliphatic rings. The zero-order valence-corrected chi connectivity index (χ0v) is 18.0. The van der Waals surface area contributed by atoms with Crippen LogP contribution in [-0.4, -0.2) is 40.5 Å². The molecule has 0 unspecified atom stereocenters. The second kappa shape index (κ2) is 8.19. The fourth-order valence-electron chi connectivity index (χ4n) is 4.42. The molecule has 0 amide bonds. The topological polar surface area (TPSA) is 104 Å². The van der Waals surface area contributed by atoms with Crippen LogP contribution < -0.4 is 5.32 Å². The highest BCUT2D eigenvalue weighted by molar-refractivity contribution is 5.94. The van der Waals surface area contributed by atoms with Crippen LogP contribution in [0.25, 0.3) is 11.6 Å². The van der Waals surface area contributed by atoms with Crippen molar-refractivity contribution in [3.05, 3.63) is 69.7 Å². The third-order valence-electron chi connectivity index (χ3n) is 6.23. The predicted octanol–water partition coefficient (Wildman–Crippen LogP) is 3.04. The highest BCUT2D eigenvalue weighted by Gasteiger charge is 2.28. The number of nitrogens with one attached hydrogen (secondary N) is 1. The number of oxazole rings is 1. The lowest BCUT2D eigenvalue weighted by atomic mass is 9.93. The van der Waals surface area contributed by atoms with Gasteiger partial charge < -0.3 is 14.5 Å². The van der Waals surface area contributed by atoms with Gasteiger partial charge in [0.05, 0.1) is 23.9 Å². The summed E-state index contributed by atoms with van der Waals surface area (Å²) in [5, 5.41) is 12.7. The zero-order chi connectivity index (χ0) is 22.2. The molecule has 32 heavy (non-hydrogen) atoms. The Balaban J connectivity index is 1.30. The molecule has 0 aliphatic carbocycles. The molecule has 2 aromatic heterocycles. The molecule has 0 saturated carbocycles. The highest BCUT2D eigenvalue weighted by Crippen LogP contribution is 2.30. The number of benzene rings is 1. The number of carbonyl (C=O) groups is 1. The summed E-state index contributed by atoms with van der Waals surface area (Å²) < 4.78 is 11.2. The Morgan fingerprint density at radius 2 is 2.16 bits per heavy atom. The molecular weight excluding hydrogens is 406 g/mol. The van der Waals surface area contributed by atoms with E-state index in [4.69, 9.17) is 14.4 Å². The number of rotatable bonds is 4. The van der Waals surface area contributed by atoms with Crippen molar-refractivity contribution < 1.29 is 13.9 Å². The molecule has 1 N–H and O–H groups in total. The number of cyclic esters (lactones) is 1. The normalized spacial score (nSPS) is 18.3. The third-order valence-corrected chi connectivity index (χ3v) is 6.23. The number of fused-ring (bicyclic) bond motifs is 1. The summed E-state index contributed by atoms with van der Waals surface area (Å²) in [5.74, 6) is 0.994. The van der Waals surface area contributed by atoms with Gasteiger partial charge in [0.15, 0.2) is 0 Å². The summed E-state index contributed by atoms with van der Waals surface area (Å²) in [7, 11) is 0. The predicted molar refractivity (Wildman–Crippen MR) is 116 cm³/mol. The monoisotopic (exact) mass is 429 g/mol. The van der Waals surface area contributed by atoms with Gasteiger partial charge in [0, 0.05) is 37.4 Å². The number of carbonyl (C=O) groups excluding carboxylic acids is 1. The van der Waals surface area contributed by atoms with Crippen LogP contribution in [0.1, 0.15) is 50.0 Å². The van der Waals surface area contributed by atoms with E-state index in [1.54, 1.807) is 12.4 Å². The lowest BCUT2D eigenvalue weighted by molar-refractivity contribution is 0.0535. The van der Waals surface area contributed by atoms with Gasteiger partial charge in [-0.2, -0.15) is 5.26 Å². The molecule has 4 heterocycles. The van der Waals surface area contributed by atoms with E-state index >= 15 is 0 Å². The van der Waals surface area contributed by atoms with Crippen molar-refractivity contribution >= 4 is 5.97 Å². The van der Waals surface area contributed by atoms with E-state index in [1.165, 1.54) is 5.56 Å². The minimum Gasteiger partial charge on any atom is -0.457 e. The smallest absolute Gasteiger partial charge is 0.338 e. The summed E-state index contributed by atoms with van der Waals surface area (Å²) in [4.78, 5) is 22.9. The number of aromatic nitrogens is 2. The quantitative estimate of drug-likeness (QED) is 0.631. The summed E-state index contributed by atoms with van der Waals surface area (Å²) >= 11 is 0. The summed E-state index contributed by atoms with van der Waals surface area (Å²) in [6.45, 7) is 7.50. The van der Waals surface area contributed by atoms with Crippen molar-refractivity contribution in [2.24, 2.45) is 0 Å². The van der Waals surface area contributed by atoms with Crippen LogP contribution in [0.15, 0.2) is 35.0 Å². The Bertz CT molecular complexity index is 1240. The Kier molecular flexibility index (Phi) is 5.21. The fraction of sp³-hybridized carbons (Fsp3) is 0.333.